The molecular formula is C28H24N4OS4. The quantitative estimate of drug-likeness (QED) is 0.244. The van der Waals surface area contributed by atoms with Gasteiger partial charge in [0.2, 0.25) is 0 Å². The predicted molar refractivity (Wildman–Crippen MR) is 160 cm³/mol. The summed E-state index contributed by atoms with van der Waals surface area (Å²) in [6, 6.07) is 1.99. The topological polar surface area (TPSA) is 81.8 Å². The smallest absolute Gasteiger partial charge is 0.141 e. The molecule has 0 bridgehead atoms. The highest BCUT2D eigenvalue weighted by Crippen LogP contribution is 2.43. The molecule has 0 spiro atoms. The molecule has 37 heavy (non-hydrogen) atoms. The van der Waals surface area contributed by atoms with Gasteiger partial charge >= 0.3 is 0 Å². The van der Waals surface area contributed by atoms with Crippen LogP contribution in [-0.4, -0.2) is 24.9 Å². The molecule has 4 heterocycles. The second-order valence-electron chi connectivity index (χ2n) is 6.70. The fourth-order valence-electron chi connectivity index (χ4n) is 2.77. The average molecular weight is 561 g/mol. The molecule has 0 amide bonds. The van der Waals surface area contributed by atoms with Gasteiger partial charge in [-0.3, -0.25) is 4.21 Å². The van der Waals surface area contributed by atoms with Gasteiger partial charge in [-0.1, -0.05) is 36.3 Å². The molecule has 9 heteroatoms. The van der Waals surface area contributed by atoms with E-state index in [1.54, 1.807) is 35.1 Å². The van der Waals surface area contributed by atoms with Crippen molar-refractivity contribution in [2.24, 2.45) is 0 Å². The number of hydrogen-bond donors (Lipinski definition) is 1. The van der Waals surface area contributed by atoms with Crippen LogP contribution in [0.4, 0.5) is 5.69 Å². The summed E-state index contributed by atoms with van der Waals surface area (Å²) >= 11 is 4.52. The van der Waals surface area contributed by atoms with Gasteiger partial charge in [0, 0.05) is 39.9 Å². The molecule has 0 radical (unpaired) electrons. The predicted octanol–water partition coefficient (Wildman–Crippen LogP) is 7.72. The molecule has 2 N–H and O–H groups in total. The molecule has 5 nitrogen and oxygen atoms in total. The Morgan fingerprint density at radius 2 is 1.54 bits per heavy atom. The molecule has 0 saturated heterocycles. The SMILES string of the molecule is C=C=C=C=C.C=C=C=C=C=C.CCCCS(=O)c1sc2nc(-c3nccs3)cc(-c3nccs3)c2c1N. The van der Waals surface area contributed by atoms with Gasteiger partial charge in [0.05, 0.1) is 16.5 Å². The molecule has 186 valence electrons. The minimum absolute atomic E-state index is 0.572. The Bertz CT molecular complexity index is 1570. The van der Waals surface area contributed by atoms with Crippen LogP contribution in [0.1, 0.15) is 19.8 Å². The molecule has 0 aliphatic carbocycles. The maximum atomic E-state index is 12.7. The zero-order chi connectivity index (χ0) is 27.0. The number of unbranched alkanes of at least 4 members (excludes halogenated alkanes) is 1. The van der Waals surface area contributed by atoms with E-state index in [9.17, 15) is 4.21 Å². The van der Waals surface area contributed by atoms with E-state index < -0.39 is 10.8 Å². The van der Waals surface area contributed by atoms with Crippen LogP contribution in [0.25, 0.3) is 31.5 Å². The van der Waals surface area contributed by atoms with Crippen LogP contribution in [0.5, 0.6) is 0 Å². The van der Waals surface area contributed by atoms with Gasteiger partial charge in [-0.25, -0.2) is 15.0 Å². The Kier molecular flexibility index (Phi) is 12.8. The molecule has 0 aliphatic heterocycles. The average Bonchev–Trinajstić information content (AvgIpc) is 3.69. The van der Waals surface area contributed by atoms with Crippen molar-refractivity contribution in [1.82, 2.24) is 15.0 Å². The van der Waals surface area contributed by atoms with E-state index in [4.69, 9.17) is 10.7 Å². The van der Waals surface area contributed by atoms with E-state index in [1.807, 2.05) is 16.8 Å². The summed E-state index contributed by atoms with van der Waals surface area (Å²) < 4.78 is 13.4. The van der Waals surface area contributed by atoms with E-state index in [1.165, 1.54) is 11.3 Å². The maximum absolute atomic E-state index is 12.7. The number of nitrogens with zero attached hydrogens (tertiary/aromatic N) is 3. The van der Waals surface area contributed by atoms with Crippen molar-refractivity contribution < 1.29 is 4.21 Å². The zero-order valence-electron chi connectivity index (χ0n) is 20.3. The third-order valence-electron chi connectivity index (χ3n) is 4.29. The van der Waals surface area contributed by atoms with E-state index in [0.717, 1.165) is 48.5 Å². The Labute approximate surface area is 231 Å². The lowest BCUT2D eigenvalue weighted by atomic mass is 10.1. The monoisotopic (exact) mass is 560 g/mol. The number of anilines is 1. The first-order chi connectivity index (χ1) is 18.0. The molecule has 0 saturated carbocycles. The number of pyridine rings is 1. The number of thiazole rings is 2. The Balaban J connectivity index is 0.000000370. The summed E-state index contributed by atoms with van der Waals surface area (Å²) in [6.07, 6.45) is 5.46. The molecule has 0 fully saturated rings. The lowest BCUT2D eigenvalue weighted by Crippen LogP contribution is -1.99. The molecule has 0 aliphatic rings. The first kappa shape index (κ1) is 29.5. The molecule has 4 aromatic rings. The van der Waals surface area contributed by atoms with Crippen molar-refractivity contribution in [3.05, 3.63) is 95.7 Å². The number of rotatable bonds is 6. The van der Waals surface area contributed by atoms with Crippen molar-refractivity contribution in [3.63, 3.8) is 0 Å². The number of aromatic nitrogens is 3. The van der Waals surface area contributed by atoms with Crippen LogP contribution in [0.2, 0.25) is 0 Å². The third-order valence-corrected chi connectivity index (χ3v) is 8.88. The van der Waals surface area contributed by atoms with Crippen molar-refractivity contribution >= 4 is 60.7 Å². The van der Waals surface area contributed by atoms with Crippen LogP contribution in [0, 0.1) is 0 Å². The van der Waals surface area contributed by atoms with Crippen LogP contribution >= 0.6 is 34.0 Å². The van der Waals surface area contributed by atoms with E-state index in [0.29, 0.717) is 11.4 Å². The molecule has 0 aromatic carbocycles. The zero-order valence-corrected chi connectivity index (χ0v) is 23.6. The Morgan fingerprint density at radius 3 is 2.03 bits per heavy atom. The normalized spacial score (nSPS) is 9.86. The molecule has 4 rings (SSSR count). The summed E-state index contributed by atoms with van der Waals surface area (Å²) in [6.45, 7) is 15.0. The van der Waals surface area contributed by atoms with Gasteiger partial charge in [-0.05, 0) is 56.0 Å². The van der Waals surface area contributed by atoms with E-state index >= 15 is 0 Å². The molecular weight excluding hydrogens is 537 g/mol. The van der Waals surface area contributed by atoms with Crippen molar-refractivity contribution in [3.8, 4) is 21.3 Å². The summed E-state index contributed by atoms with van der Waals surface area (Å²) in [5, 5.41) is 6.45. The summed E-state index contributed by atoms with van der Waals surface area (Å²) in [5.41, 5.74) is 25.3. The fraction of sp³-hybridized carbons (Fsp3) is 0.143. The third kappa shape index (κ3) is 8.41. The minimum atomic E-state index is -1.10. The second-order valence-corrected chi connectivity index (χ2v) is 11.3. The maximum Gasteiger partial charge on any atom is 0.141 e. The van der Waals surface area contributed by atoms with Crippen molar-refractivity contribution in [2.75, 3.05) is 11.5 Å². The first-order valence-electron chi connectivity index (χ1n) is 10.8. The van der Waals surface area contributed by atoms with Crippen LogP contribution in [0.3, 0.4) is 0 Å². The fourth-order valence-corrected chi connectivity index (χ4v) is 6.83. The van der Waals surface area contributed by atoms with E-state index in [-0.39, 0.29) is 0 Å². The Hall–Kier alpha value is -3.74. The van der Waals surface area contributed by atoms with Crippen LogP contribution in [-0.2, 0) is 10.8 Å². The number of nitrogen functional groups attached to an aromatic ring is 1. The van der Waals surface area contributed by atoms with Crippen LogP contribution in [0.15, 0.2) is 99.9 Å². The number of thiophene rings is 1. The number of nitrogens with two attached hydrogens (primary N) is 1. The second kappa shape index (κ2) is 16.1. The van der Waals surface area contributed by atoms with Gasteiger partial charge in [0.25, 0.3) is 0 Å². The lowest BCUT2D eigenvalue weighted by molar-refractivity contribution is 0.681. The van der Waals surface area contributed by atoms with Gasteiger partial charge in [0.15, 0.2) is 0 Å². The standard InChI is InChI=1S/C17H16N4OS4.C6H4.C5H4/c1-2-3-8-26(22)17-13(18)12-10(14-19-4-6-23-14)9-11(21-16(12)25-17)15-20-5-7-24-15;1-3-5-6-4-2;1-3-5-4-2/h4-7,9H,2-3,8,18H2,1H3;1-2H2;1-2H2. The number of hydrogen-bond acceptors (Lipinski definition) is 8. The van der Waals surface area contributed by atoms with Crippen molar-refractivity contribution in [1.29, 1.82) is 0 Å². The molecule has 4 aromatic heterocycles. The summed E-state index contributed by atoms with van der Waals surface area (Å²) in [7, 11) is -1.10. The van der Waals surface area contributed by atoms with Gasteiger partial charge in [-0.15, -0.1) is 34.0 Å². The van der Waals surface area contributed by atoms with Crippen LogP contribution < -0.4 is 5.73 Å². The van der Waals surface area contributed by atoms with Gasteiger partial charge in [-0.2, -0.15) is 0 Å². The first-order valence-corrected chi connectivity index (χ1v) is 14.7. The van der Waals surface area contributed by atoms with Gasteiger partial charge in [0.1, 0.15) is 24.7 Å². The largest absolute Gasteiger partial charge is 0.396 e. The molecule has 1 atom stereocenters. The highest BCUT2D eigenvalue weighted by Gasteiger charge is 2.22. The number of fused-ring (bicyclic) bond motifs is 1. The van der Waals surface area contributed by atoms with E-state index in [2.05, 4.69) is 83.3 Å². The summed E-state index contributed by atoms with van der Waals surface area (Å²) in [4.78, 5) is 14.4. The highest BCUT2D eigenvalue weighted by atomic mass is 32.2. The highest BCUT2D eigenvalue weighted by molar-refractivity contribution is 7.87. The Morgan fingerprint density at radius 1 is 0.946 bits per heavy atom. The summed E-state index contributed by atoms with van der Waals surface area (Å²) in [5.74, 6) is 0.624. The lowest BCUT2D eigenvalue weighted by Gasteiger charge is -2.04. The van der Waals surface area contributed by atoms with Gasteiger partial charge < -0.3 is 5.73 Å². The molecule has 1 unspecified atom stereocenters. The minimum Gasteiger partial charge on any atom is -0.396 e. The van der Waals surface area contributed by atoms with Crippen molar-refractivity contribution in [2.45, 2.75) is 24.0 Å².